The molecule has 2 heterocycles. The van der Waals surface area contributed by atoms with Crippen molar-refractivity contribution in [3.8, 4) is 22.5 Å². The molecule has 4 N–H and O–H groups in total. The molecule has 0 aliphatic rings. The Balaban J connectivity index is 1.84. The van der Waals surface area contributed by atoms with Crippen LogP contribution in [0.3, 0.4) is 0 Å². The second-order valence-electron chi connectivity index (χ2n) is 5.89. The Kier molecular flexibility index (Phi) is 4.00. The molecule has 0 unspecified atom stereocenters. The van der Waals surface area contributed by atoms with Crippen LogP contribution in [0.4, 0.5) is 10.3 Å². The summed E-state index contributed by atoms with van der Waals surface area (Å²) in [6.45, 7) is 0. The zero-order valence-electron chi connectivity index (χ0n) is 14.3. The molecule has 27 heavy (non-hydrogen) atoms. The molecule has 4 aromatic rings. The van der Waals surface area contributed by atoms with E-state index in [2.05, 4.69) is 25.3 Å². The van der Waals surface area contributed by atoms with Gasteiger partial charge in [-0.3, -0.25) is 4.79 Å². The summed E-state index contributed by atoms with van der Waals surface area (Å²) < 4.78 is 14.5. The Morgan fingerprint density at radius 3 is 2.67 bits per heavy atom. The lowest BCUT2D eigenvalue weighted by Crippen LogP contribution is -2.19. The van der Waals surface area contributed by atoms with Crippen LogP contribution in [0.15, 0.2) is 48.8 Å². The third kappa shape index (κ3) is 2.97. The van der Waals surface area contributed by atoms with E-state index in [-0.39, 0.29) is 28.8 Å². The molecule has 0 fully saturated rings. The molecule has 2 aromatic heterocycles. The molecule has 0 radical (unpaired) electrons. The number of benzene rings is 2. The number of aromatic nitrogens is 4. The molecule has 1 amide bonds. The summed E-state index contributed by atoms with van der Waals surface area (Å²) in [6, 6.07) is 9.89. The van der Waals surface area contributed by atoms with Crippen LogP contribution in [0, 0.1) is 5.82 Å². The average molecular weight is 362 g/mol. The number of rotatable bonds is 3. The van der Waals surface area contributed by atoms with Crippen molar-refractivity contribution in [3.63, 3.8) is 0 Å². The van der Waals surface area contributed by atoms with E-state index in [1.807, 2.05) is 18.2 Å². The normalized spacial score (nSPS) is 10.9. The van der Waals surface area contributed by atoms with Gasteiger partial charge in [-0.05, 0) is 29.8 Å². The van der Waals surface area contributed by atoms with Gasteiger partial charge in [0.1, 0.15) is 11.6 Å². The summed E-state index contributed by atoms with van der Waals surface area (Å²) >= 11 is 0. The molecule has 2 aromatic carbocycles. The zero-order valence-corrected chi connectivity index (χ0v) is 14.3. The first-order valence-electron chi connectivity index (χ1n) is 8.15. The number of halogens is 1. The SMILES string of the molecule is CNC(=O)c1cccc(F)c1-c1nc2cc(-c3cnc(N)nc3)ccc2[nH]1. The van der Waals surface area contributed by atoms with Crippen LogP contribution < -0.4 is 11.1 Å². The number of amides is 1. The van der Waals surface area contributed by atoms with Gasteiger partial charge in [0.05, 0.1) is 22.2 Å². The quantitative estimate of drug-likeness (QED) is 0.519. The second-order valence-corrected chi connectivity index (χ2v) is 5.89. The Morgan fingerprint density at radius 2 is 1.93 bits per heavy atom. The predicted octanol–water partition coefficient (Wildman–Crippen LogP) is 2.77. The highest BCUT2D eigenvalue weighted by Crippen LogP contribution is 2.29. The third-order valence-corrected chi connectivity index (χ3v) is 4.21. The van der Waals surface area contributed by atoms with Crippen LogP contribution in [0.25, 0.3) is 33.5 Å². The Labute approximate surface area is 153 Å². The lowest BCUT2D eigenvalue weighted by molar-refractivity contribution is 0.0963. The van der Waals surface area contributed by atoms with Crippen molar-refractivity contribution < 1.29 is 9.18 Å². The number of imidazole rings is 1. The first-order chi connectivity index (χ1) is 13.1. The van der Waals surface area contributed by atoms with Crippen LogP contribution in [0.1, 0.15) is 10.4 Å². The number of fused-ring (bicyclic) bond motifs is 1. The lowest BCUT2D eigenvalue weighted by atomic mass is 10.1. The molecule has 0 spiro atoms. The van der Waals surface area contributed by atoms with Crippen molar-refractivity contribution in [2.45, 2.75) is 0 Å². The minimum Gasteiger partial charge on any atom is -0.368 e. The number of nitrogens with zero attached hydrogens (tertiary/aromatic N) is 3. The number of aromatic amines is 1. The molecular weight excluding hydrogens is 347 g/mol. The smallest absolute Gasteiger partial charge is 0.251 e. The number of nitrogens with one attached hydrogen (secondary N) is 2. The maximum absolute atomic E-state index is 14.5. The summed E-state index contributed by atoms with van der Waals surface area (Å²) in [5.74, 6) is -0.428. The summed E-state index contributed by atoms with van der Waals surface area (Å²) in [5.41, 5.74) is 8.84. The fourth-order valence-corrected chi connectivity index (χ4v) is 2.88. The van der Waals surface area contributed by atoms with Gasteiger partial charge in [-0.2, -0.15) is 0 Å². The van der Waals surface area contributed by atoms with Gasteiger partial charge in [-0.1, -0.05) is 12.1 Å². The maximum Gasteiger partial charge on any atom is 0.251 e. The first-order valence-corrected chi connectivity index (χ1v) is 8.15. The van der Waals surface area contributed by atoms with E-state index in [1.165, 1.54) is 19.2 Å². The largest absolute Gasteiger partial charge is 0.368 e. The number of carbonyl (C=O) groups excluding carboxylic acids is 1. The molecule has 0 bridgehead atoms. The minimum atomic E-state index is -0.526. The van der Waals surface area contributed by atoms with Gasteiger partial charge in [0.15, 0.2) is 0 Å². The topological polar surface area (TPSA) is 110 Å². The number of hydrogen-bond donors (Lipinski definition) is 3. The van der Waals surface area contributed by atoms with E-state index in [0.29, 0.717) is 5.52 Å². The highest BCUT2D eigenvalue weighted by Gasteiger charge is 2.19. The highest BCUT2D eigenvalue weighted by atomic mass is 19.1. The molecule has 134 valence electrons. The number of nitrogen functional groups attached to an aromatic ring is 1. The van der Waals surface area contributed by atoms with Gasteiger partial charge < -0.3 is 16.0 Å². The van der Waals surface area contributed by atoms with Crippen molar-refractivity contribution in [3.05, 3.63) is 60.2 Å². The van der Waals surface area contributed by atoms with Crippen molar-refractivity contribution in [2.24, 2.45) is 0 Å². The van der Waals surface area contributed by atoms with Crippen molar-refractivity contribution in [1.29, 1.82) is 0 Å². The van der Waals surface area contributed by atoms with E-state index in [9.17, 15) is 9.18 Å². The van der Waals surface area contributed by atoms with E-state index < -0.39 is 5.82 Å². The summed E-state index contributed by atoms with van der Waals surface area (Å²) in [6.07, 6.45) is 3.25. The maximum atomic E-state index is 14.5. The van der Waals surface area contributed by atoms with Crippen LogP contribution in [-0.4, -0.2) is 32.9 Å². The standard InChI is InChI=1S/C19H15FN6O/c1-22-18(27)12-3-2-4-13(20)16(12)17-25-14-6-5-10(7-15(14)26-17)11-8-23-19(21)24-9-11/h2-9H,1H3,(H,22,27)(H,25,26)(H2,21,23,24). The van der Waals surface area contributed by atoms with Crippen molar-refractivity contribution in [1.82, 2.24) is 25.3 Å². The number of nitrogens with two attached hydrogens (primary N) is 1. The van der Waals surface area contributed by atoms with Gasteiger partial charge in [0, 0.05) is 25.0 Å². The van der Waals surface area contributed by atoms with Crippen LogP contribution in [-0.2, 0) is 0 Å². The zero-order chi connectivity index (χ0) is 19.0. The van der Waals surface area contributed by atoms with Gasteiger partial charge in [-0.15, -0.1) is 0 Å². The fourth-order valence-electron chi connectivity index (χ4n) is 2.88. The van der Waals surface area contributed by atoms with Gasteiger partial charge in [-0.25, -0.2) is 19.3 Å². The molecule has 4 rings (SSSR count). The highest BCUT2D eigenvalue weighted by molar-refractivity contribution is 6.00. The third-order valence-electron chi connectivity index (χ3n) is 4.21. The van der Waals surface area contributed by atoms with Crippen LogP contribution in [0.2, 0.25) is 0 Å². The molecule has 7 nitrogen and oxygen atoms in total. The van der Waals surface area contributed by atoms with E-state index in [1.54, 1.807) is 18.5 Å². The summed E-state index contributed by atoms with van der Waals surface area (Å²) in [5, 5.41) is 2.52. The predicted molar refractivity (Wildman–Crippen MR) is 100 cm³/mol. The van der Waals surface area contributed by atoms with Crippen molar-refractivity contribution >= 4 is 22.9 Å². The number of anilines is 1. The van der Waals surface area contributed by atoms with E-state index >= 15 is 0 Å². The fraction of sp³-hybridized carbons (Fsp3) is 0.0526. The Hall–Kier alpha value is -3.81. The summed E-state index contributed by atoms with van der Waals surface area (Å²) in [7, 11) is 1.50. The summed E-state index contributed by atoms with van der Waals surface area (Å²) in [4.78, 5) is 27.6. The van der Waals surface area contributed by atoms with Gasteiger partial charge in [0.25, 0.3) is 5.91 Å². The minimum absolute atomic E-state index is 0.130. The molecule has 8 heteroatoms. The Bertz CT molecular complexity index is 1150. The molecule has 0 saturated carbocycles. The number of hydrogen-bond acceptors (Lipinski definition) is 5. The van der Waals surface area contributed by atoms with Gasteiger partial charge in [0.2, 0.25) is 5.95 Å². The van der Waals surface area contributed by atoms with E-state index in [0.717, 1.165) is 16.6 Å². The van der Waals surface area contributed by atoms with Gasteiger partial charge >= 0.3 is 0 Å². The second kappa shape index (κ2) is 6.49. The van der Waals surface area contributed by atoms with Crippen molar-refractivity contribution in [2.75, 3.05) is 12.8 Å². The monoisotopic (exact) mass is 362 g/mol. The lowest BCUT2D eigenvalue weighted by Gasteiger charge is -2.06. The molecule has 0 aliphatic heterocycles. The van der Waals surface area contributed by atoms with Crippen LogP contribution in [0.5, 0.6) is 0 Å². The number of carbonyl (C=O) groups is 1. The molecule has 0 atom stereocenters. The van der Waals surface area contributed by atoms with Crippen LogP contribution >= 0.6 is 0 Å². The number of H-pyrrole nitrogens is 1. The molecule has 0 saturated heterocycles. The van der Waals surface area contributed by atoms with E-state index in [4.69, 9.17) is 5.73 Å². The first kappa shape index (κ1) is 16.6. The molecular formula is C19H15FN6O. The molecule has 0 aliphatic carbocycles. The average Bonchev–Trinajstić information content (AvgIpc) is 3.10. The Morgan fingerprint density at radius 1 is 1.15 bits per heavy atom.